The first kappa shape index (κ1) is 8.75. The van der Waals surface area contributed by atoms with Crippen LogP contribution in [0.15, 0.2) is 11.6 Å². The zero-order valence-corrected chi connectivity index (χ0v) is 7.18. The fourth-order valence-corrected chi connectivity index (χ4v) is 1.37. The highest BCUT2D eigenvalue weighted by Crippen LogP contribution is 2.20. The Kier molecular flexibility index (Phi) is 3.60. The molecule has 0 radical (unpaired) electrons. The van der Waals surface area contributed by atoms with E-state index in [1.54, 1.807) is 0 Å². The first-order valence-electron chi connectivity index (χ1n) is 4.29. The molecule has 2 N–H and O–H groups in total. The van der Waals surface area contributed by atoms with E-state index in [0.29, 0.717) is 5.92 Å². The molecule has 2 nitrogen and oxygen atoms in total. The van der Waals surface area contributed by atoms with Crippen LogP contribution in [0.25, 0.3) is 0 Å². The van der Waals surface area contributed by atoms with Crippen LogP contribution in [-0.2, 0) is 4.74 Å². The second kappa shape index (κ2) is 4.52. The Labute approximate surface area is 68.4 Å². The molecule has 2 heteroatoms. The van der Waals surface area contributed by atoms with Gasteiger partial charge in [-0.2, -0.15) is 0 Å². The van der Waals surface area contributed by atoms with Crippen LogP contribution in [0.4, 0.5) is 0 Å². The molecule has 11 heavy (non-hydrogen) atoms. The molecule has 0 aliphatic carbocycles. The van der Waals surface area contributed by atoms with Gasteiger partial charge in [-0.15, -0.1) is 0 Å². The van der Waals surface area contributed by atoms with Gasteiger partial charge in [-0.05, 0) is 26.3 Å². The molecule has 64 valence electrons. The highest BCUT2D eigenvalue weighted by molar-refractivity contribution is 5.04. The maximum Gasteiger partial charge on any atom is 0.0532 e. The summed E-state index contributed by atoms with van der Waals surface area (Å²) < 4.78 is 5.29. The molecule has 1 rings (SSSR count). The predicted octanol–water partition coefficient (Wildman–Crippen LogP) is 1.32. The molecule has 1 fully saturated rings. The van der Waals surface area contributed by atoms with Crippen molar-refractivity contribution in [2.24, 2.45) is 11.7 Å². The fourth-order valence-electron chi connectivity index (χ4n) is 1.37. The topological polar surface area (TPSA) is 35.2 Å². The van der Waals surface area contributed by atoms with Crippen LogP contribution in [0.1, 0.15) is 19.8 Å². The lowest BCUT2D eigenvalue weighted by Crippen LogP contribution is -2.02. The van der Waals surface area contributed by atoms with Gasteiger partial charge < -0.3 is 10.5 Å². The van der Waals surface area contributed by atoms with E-state index in [-0.39, 0.29) is 0 Å². The molecule has 0 saturated carbocycles. The summed E-state index contributed by atoms with van der Waals surface area (Å²) in [7, 11) is 0. The van der Waals surface area contributed by atoms with Crippen LogP contribution in [0.3, 0.4) is 0 Å². The molecule has 1 heterocycles. The van der Waals surface area contributed by atoms with E-state index >= 15 is 0 Å². The number of rotatable bonds is 3. The normalized spacial score (nSPS) is 26.0. The van der Waals surface area contributed by atoms with E-state index in [1.165, 1.54) is 12.0 Å². The Morgan fingerprint density at radius 3 is 3.09 bits per heavy atom. The van der Waals surface area contributed by atoms with E-state index in [9.17, 15) is 0 Å². The minimum atomic E-state index is 0.668. The van der Waals surface area contributed by atoms with Gasteiger partial charge in [0.05, 0.1) is 6.61 Å². The van der Waals surface area contributed by atoms with E-state index < -0.39 is 0 Å². The maximum atomic E-state index is 5.40. The Morgan fingerprint density at radius 1 is 1.73 bits per heavy atom. The highest BCUT2D eigenvalue weighted by atomic mass is 16.5. The largest absolute Gasteiger partial charge is 0.381 e. The lowest BCUT2D eigenvalue weighted by atomic mass is 9.99. The molecule has 0 aromatic carbocycles. The molecular weight excluding hydrogens is 138 g/mol. The van der Waals surface area contributed by atoms with Crippen LogP contribution in [0.2, 0.25) is 0 Å². The second-order valence-electron chi connectivity index (χ2n) is 3.09. The smallest absolute Gasteiger partial charge is 0.0532 e. The van der Waals surface area contributed by atoms with Crippen LogP contribution < -0.4 is 5.73 Å². The van der Waals surface area contributed by atoms with Crippen molar-refractivity contribution in [3.63, 3.8) is 0 Å². The Morgan fingerprint density at radius 2 is 2.55 bits per heavy atom. The van der Waals surface area contributed by atoms with Gasteiger partial charge in [0.2, 0.25) is 0 Å². The van der Waals surface area contributed by atoms with Crippen molar-refractivity contribution in [1.29, 1.82) is 0 Å². The maximum absolute atomic E-state index is 5.40. The van der Waals surface area contributed by atoms with E-state index in [2.05, 4.69) is 13.0 Å². The van der Waals surface area contributed by atoms with Crippen molar-refractivity contribution >= 4 is 0 Å². The summed E-state index contributed by atoms with van der Waals surface area (Å²) in [5.74, 6) is 0.668. The third-order valence-corrected chi connectivity index (χ3v) is 2.21. The lowest BCUT2D eigenvalue weighted by Gasteiger charge is -2.06. The Hall–Kier alpha value is -0.340. The summed E-state index contributed by atoms with van der Waals surface area (Å²) in [5, 5.41) is 0. The van der Waals surface area contributed by atoms with Gasteiger partial charge in [0, 0.05) is 12.5 Å². The molecule has 0 bridgehead atoms. The Balaban J connectivity index is 2.32. The van der Waals surface area contributed by atoms with Crippen LogP contribution in [-0.4, -0.2) is 19.8 Å². The van der Waals surface area contributed by atoms with Crippen LogP contribution in [0, 0.1) is 5.92 Å². The van der Waals surface area contributed by atoms with Gasteiger partial charge in [0.25, 0.3) is 0 Å². The van der Waals surface area contributed by atoms with Gasteiger partial charge >= 0.3 is 0 Å². The average Bonchev–Trinajstić information content (AvgIpc) is 2.52. The summed E-state index contributed by atoms with van der Waals surface area (Å²) in [6.07, 6.45) is 4.43. The third-order valence-electron chi connectivity index (χ3n) is 2.21. The molecule has 0 spiro atoms. The highest BCUT2D eigenvalue weighted by Gasteiger charge is 2.16. The third kappa shape index (κ3) is 2.64. The van der Waals surface area contributed by atoms with Crippen LogP contribution >= 0.6 is 0 Å². The number of ether oxygens (including phenoxy) is 1. The quantitative estimate of drug-likeness (QED) is 0.624. The van der Waals surface area contributed by atoms with Crippen molar-refractivity contribution in [1.82, 2.24) is 0 Å². The van der Waals surface area contributed by atoms with Crippen molar-refractivity contribution in [3.8, 4) is 0 Å². The number of nitrogens with two attached hydrogens (primary N) is 1. The first-order valence-corrected chi connectivity index (χ1v) is 4.29. The summed E-state index contributed by atoms with van der Waals surface area (Å²) in [5.41, 5.74) is 6.85. The molecule has 1 aliphatic heterocycles. The minimum Gasteiger partial charge on any atom is -0.381 e. The van der Waals surface area contributed by atoms with Gasteiger partial charge in [-0.25, -0.2) is 0 Å². The monoisotopic (exact) mass is 155 g/mol. The second-order valence-corrected chi connectivity index (χ2v) is 3.09. The van der Waals surface area contributed by atoms with Gasteiger partial charge in [-0.3, -0.25) is 0 Å². The summed E-state index contributed by atoms with van der Waals surface area (Å²) in [4.78, 5) is 0. The first-order chi connectivity index (χ1) is 5.34. The average molecular weight is 155 g/mol. The van der Waals surface area contributed by atoms with Crippen molar-refractivity contribution < 1.29 is 4.74 Å². The predicted molar refractivity (Wildman–Crippen MR) is 46.4 cm³/mol. The van der Waals surface area contributed by atoms with E-state index in [4.69, 9.17) is 10.5 Å². The van der Waals surface area contributed by atoms with E-state index in [1.807, 2.05) is 0 Å². The molecule has 0 aromatic rings. The molecule has 1 aliphatic rings. The van der Waals surface area contributed by atoms with Crippen molar-refractivity contribution in [3.05, 3.63) is 11.6 Å². The number of hydrogen-bond acceptors (Lipinski definition) is 2. The van der Waals surface area contributed by atoms with Crippen LogP contribution in [0.5, 0.6) is 0 Å². The molecule has 1 unspecified atom stereocenters. The lowest BCUT2D eigenvalue weighted by molar-refractivity contribution is 0.190. The van der Waals surface area contributed by atoms with Crippen molar-refractivity contribution in [2.45, 2.75) is 19.8 Å². The summed E-state index contributed by atoms with van der Waals surface area (Å²) in [6, 6.07) is 0. The molecule has 0 aromatic heterocycles. The zero-order valence-electron chi connectivity index (χ0n) is 7.18. The SMILES string of the molecule is CC(=CCCN)C1CCOC1. The molecule has 0 amide bonds. The van der Waals surface area contributed by atoms with Gasteiger partial charge in [0.1, 0.15) is 0 Å². The molecule has 1 atom stereocenters. The summed E-state index contributed by atoms with van der Waals surface area (Å²) in [6.45, 7) is 4.77. The van der Waals surface area contributed by atoms with Gasteiger partial charge in [-0.1, -0.05) is 11.6 Å². The van der Waals surface area contributed by atoms with E-state index in [0.717, 1.165) is 26.2 Å². The number of hydrogen-bond donors (Lipinski definition) is 1. The summed E-state index contributed by atoms with van der Waals surface area (Å²) >= 11 is 0. The van der Waals surface area contributed by atoms with Gasteiger partial charge in [0.15, 0.2) is 0 Å². The minimum absolute atomic E-state index is 0.668. The zero-order chi connectivity index (χ0) is 8.10. The molecular formula is C9H17NO. The standard InChI is InChI=1S/C9H17NO/c1-8(3-2-5-10)9-4-6-11-7-9/h3,9H,2,4-7,10H2,1H3. The van der Waals surface area contributed by atoms with Crippen molar-refractivity contribution in [2.75, 3.05) is 19.8 Å². The Bertz CT molecular complexity index is 136. The molecule has 1 saturated heterocycles. The fraction of sp³-hybridized carbons (Fsp3) is 0.778.